The van der Waals surface area contributed by atoms with Crippen LogP contribution in [0.2, 0.25) is 0 Å². The number of carbonyl (C=O) groups excluding carboxylic acids is 1. The minimum Gasteiger partial charge on any atom is -0.460 e. The fourth-order valence-electron chi connectivity index (χ4n) is 4.14. The van der Waals surface area contributed by atoms with Crippen molar-refractivity contribution in [2.24, 2.45) is 0 Å². The molecule has 0 unspecified atom stereocenters. The van der Waals surface area contributed by atoms with Gasteiger partial charge in [0.1, 0.15) is 5.82 Å². The summed E-state index contributed by atoms with van der Waals surface area (Å²) < 4.78 is 6.71. The summed E-state index contributed by atoms with van der Waals surface area (Å²) in [4.78, 5) is 21.5. The van der Waals surface area contributed by atoms with Gasteiger partial charge in [0.2, 0.25) is 5.82 Å². The summed E-state index contributed by atoms with van der Waals surface area (Å²) in [7, 11) is 0. The lowest BCUT2D eigenvalue weighted by Crippen LogP contribution is -2.08. The van der Waals surface area contributed by atoms with Crippen molar-refractivity contribution in [2.45, 2.75) is 33.6 Å². The normalized spacial score (nSPS) is 11.2. The molecule has 3 aromatic heterocycles. The van der Waals surface area contributed by atoms with Gasteiger partial charge in [-0.3, -0.25) is 0 Å². The SMILES string of the molecule is CCOC(=O)c1nc2c(Cc3ccc(-c4ccccc4-c4nn[nH]n4)cc3)c(CC)nc(C)n2n1. The zero-order valence-corrected chi connectivity index (χ0v) is 19.7. The number of hydrogen-bond donors (Lipinski definition) is 1. The molecule has 0 aliphatic carbocycles. The fourth-order valence-corrected chi connectivity index (χ4v) is 4.14. The number of rotatable bonds is 7. The number of aromatic nitrogens is 8. The van der Waals surface area contributed by atoms with Crippen LogP contribution in [0, 0.1) is 6.92 Å². The molecule has 0 saturated heterocycles. The van der Waals surface area contributed by atoms with Crippen LogP contribution >= 0.6 is 0 Å². The molecular formula is C25H24N8O2. The first-order valence-electron chi connectivity index (χ1n) is 11.4. The molecule has 0 aliphatic heterocycles. The highest BCUT2D eigenvalue weighted by molar-refractivity contribution is 5.86. The maximum Gasteiger partial charge on any atom is 0.378 e. The van der Waals surface area contributed by atoms with Crippen LogP contribution in [0.15, 0.2) is 48.5 Å². The van der Waals surface area contributed by atoms with Gasteiger partial charge < -0.3 is 4.74 Å². The molecule has 0 radical (unpaired) electrons. The number of ether oxygens (including phenoxy) is 1. The molecule has 0 saturated carbocycles. The van der Waals surface area contributed by atoms with Crippen molar-refractivity contribution in [3.05, 3.63) is 77.0 Å². The van der Waals surface area contributed by atoms with Crippen molar-refractivity contribution in [2.75, 3.05) is 6.61 Å². The molecule has 10 nitrogen and oxygen atoms in total. The fraction of sp³-hybridized carbons (Fsp3) is 0.240. The van der Waals surface area contributed by atoms with Crippen LogP contribution in [-0.2, 0) is 17.6 Å². The zero-order chi connectivity index (χ0) is 24.4. The Kier molecular flexibility index (Phi) is 6.01. The molecule has 0 bridgehead atoms. The lowest BCUT2D eigenvalue weighted by Gasteiger charge is -2.11. The Bertz CT molecular complexity index is 1490. The van der Waals surface area contributed by atoms with Crippen molar-refractivity contribution in [3.8, 4) is 22.5 Å². The van der Waals surface area contributed by atoms with E-state index < -0.39 is 5.97 Å². The van der Waals surface area contributed by atoms with Gasteiger partial charge in [0.05, 0.1) is 6.61 Å². The number of nitrogens with zero attached hydrogens (tertiary/aromatic N) is 7. The quantitative estimate of drug-likeness (QED) is 0.359. The van der Waals surface area contributed by atoms with Gasteiger partial charge in [-0.25, -0.2) is 14.8 Å². The number of carbonyl (C=O) groups is 1. The summed E-state index contributed by atoms with van der Waals surface area (Å²) in [6, 6.07) is 16.3. The Balaban J connectivity index is 1.51. The van der Waals surface area contributed by atoms with E-state index >= 15 is 0 Å². The van der Waals surface area contributed by atoms with Crippen LogP contribution in [0.4, 0.5) is 0 Å². The predicted octanol–water partition coefficient (Wildman–Crippen LogP) is 3.61. The second-order valence-corrected chi connectivity index (χ2v) is 7.98. The standard InChI is InChI=1S/C25H24N8O2/c1-4-21-20(24-27-23(25(34)35-5-2)30-33(24)15(3)26-21)14-16-10-12-17(13-11-16)18-8-6-7-9-19(18)22-28-31-32-29-22/h6-13H,4-5,14H2,1-3H3,(H,28,29,31,32). The van der Waals surface area contributed by atoms with E-state index in [-0.39, 0.29) is 12.4 Å². The first-order chi connectivity index (χ1) is 17.1. The maximum atomic E-state index is 12.2. The number of fused-ring (bicyclic) bond motifs is 1. The van der Waals surface area contributed by atoms with Crippen LogP contribution < -0.4 is 0 Å². The third kappa shape index (κ3) is 4.25. The largest absolute Gasteiger partial charge is 0.460 e. The van der Waals surface area contributed by atoms with Crippen LogP contribution in [0.1, 0.15) is 47.1 Å². The van der Waals surface area contributed by atoms with Gasteiger partial charge in [-0.2, -0.15) is 9.73 Å². The van der Waals surface area contributed by atoms with E-state index in [0.29, 0.717) is 23.7 Å². The summed E-state index contributed by atoms with van der Waals surface area (Å²) >= 11 is 0. The molecule has 0 fully saturated rings. The summed E-state index contributed by atoms with van der Waals surface area (Å²) in [6.45, 7) is 5.93. The Labute approximate surface area is 201 Å². The van der Waals surface area contributed by atoms with Crippen molar-refractivity contribution < 1.29 is 9.53 Å². The van der Waals surface area contributed by atoms with Gasteiger partial charge in [-0.05, 0) is 42.2 Å². The smallest absolute Gasteiger partial charge is 0.378 e. The summed E-state index contributed by atoms with van der Waals surface area (Å²) in [6.07, 6.45) is 1.35. The van der Waals surface area contributed by atoms with Crippen LogP contribution in [0.3, 0.4) is 0 Å². The highest BCUT2D eigenvalue weighted by Crippen LogP contribution is 2.30. The van der Waals surface area contributed by atoms with Crippen LogP contribution in [0.5, 0.6) is 0 Å². The van der Waals surface area contributed by atoms with Gasteiger partial charge >= 0.3 is 5.97 Å². The molecule has 5 aromatic rings. The van der Waals surface area contributed by atoms with Crippen molar-refractivity contribution in [1.82, 2.24) is 40.2 Å². The van der Waals surface area contributed by atoms with Gasteiger partial charge in [0.15, 0.2) is 5.65 Å². The predicted molar refractivity (Wildman–Crippen MR) is 129 cm³/mol. The minimum atomic E-state index is -0.538. The number of nitrogens with one attached hydrogen (secondary N) is 1. The van der Waals surface area contributed by atoms with E-state index in [1.807, 2.05) is 31.2 Å². The lowest BCUT2D eigenvalue weighted by atomic mass is 9.96. The monoisotopic (exact) mass is 468 g/mol. The van der Waals surface area contributed by atoms with Crippen LogP contribution in [-0.4, -0.2) is 52.8 Å². The number of H-pyrrole nitrogens is 1. The molecule has 3 heterocycles. The Morgan fingerprint density at radius 1 is 1.03 bits per heavy atom. The number of hydrogen-bond acceptors (Lipinski definition) is 8. The Morgan fingerprint density at radius 3 is 2.49 bits per heavy atom. The number of aromatic amines is 1. The van der Waals surface area contributed by atoms with Crippen molar-refractivity contribution >= 4 is 11.6 Å². The van der Waals surface area contributed by atoms with E-state index in [9.17, 15) is 4.79 Å². The van der Waals surface area contributed by atoms with Gasteiger partial charge in [-0.1, -0.05) is 55.5 Å². The Morgan fingerprint density at radius 2 is 1.80 bits per heavy atom. The first kappa shape index (κ1) is 22.3. The topological polar surface area (TPSA) is 124 Å². The molecule has 35 heavy (non-hydrogen) atoms. The molecule has 2 aromatic carbocycles. The lowest BCUT2D eigenvalue weighted by molar-refractivity contribution is 0.0512. The molecular weight excluding hydrogens is 444 g/mol. The molecule has 5 rings (SSSR count). The Hall–Kier alpha value is -4.47. The molecule has 0 spiro atoms. The summed E-state index contributed by atoms with van der Waals surface area (Å²) in [5, 5.41) is 18.8. The zero-order valence-electron chi connectivity index (χ0n) is 19.7. The van der Waals surface area contributed by atoms with E-state index in [2.05, 4.69) is 61.9 Å². The number of tetrazole rings is 1. The minimum absolute atomic E-state index is 0.0414. The number of aryl methyl sites for hydroxylation is 2. The average molecular weight is 469 g/mol. The molecule has 0 atom stereocenters. The van der Waals surface area contributed by atoms with Crippen molar-refractivity contribution in [3.63, 3.8) is 0 Å². The average Bonchev–Trinajstić information content (AvgIpc) is 3.57. The van der Waals surface area contributed by atoms with Crippen LogP contribution in [0.25, 0.3) is 28.2 Å². The molecule has 0 aliphatic rings. The van der Waals surface area contributed by atoms with Gasteiger partial charge in [0, 0.05) is 23.2 Å². The highest BCUT2D eigenvalue weighted by atomic mass is 16.5. The maximum absolute atomic E-state index is 12.2. The van der Waals surface area contributed by atoms with Gasteiger partial charge in [-0.15, -0.1) is 15.3 Å². The molecule has 1 N–H and O–H groups in total. The van der Waals surface area contributed by atoms with E-state index in [1.165, 1.54) is 0 Å². The van der Waals surface area contributed by atoms with E-state index in [1.54, 1.807) is 11.4 Å². The molecule has 0 amide bonds. The van der Waals surface area contributed by atoms with Gasteiger partial charge in [0.25, 0.3) is 5.82 Å². The second-order valence-electron chi connectivity index (χ2n) is 7.98. The molecule has 176 valence electrons. The number of esters is 1. The number of benzene rings is 2. The van der Waals surface area contributed by atoms with Crippen molar-refractivity contribution in [1.29, 1.82) is 0 Å². The first-order valence-corrected chi connectivity index (χ1v) is 11.4. The second kappa shape index (κ2) is 9.41. The third-order valence-electron chi connectivity index (χ3n) is 5.78. The third-order valence-corrected chi connectivity index (χ3v) is 5.78. The summed E-state index contributed by atoms with van der Waals surface area (Å²) in [5.74, 6) is 0.732. The molecule has 10 heteroatoms. The summed E-state index contributed by atoms with van der Waals surface area (Å²) in [5.41, 5.74) is 6.57. The van der Waals surface area contributed by atoms with E-state index in [4.69, 9.17) is 9.72 Å². The highest BCUT2D eigenvalue weighted by Gasteiger charge is 2.20. The van der Waals surface area contributed by atoms with E-state index in [0.717, 1.165) is 39.9 Å².